The molecule has 74 valence electrons. The summed E-state index contributed by atoms with van der Waals surface area (Å²) in [4.78, 5) is 0. The first-order valence-electron chi connectivity index (χ1n) is 5.42. The molecule has 1 rings (SSSR count). The SMILES string of the molecule is ClC1=CCCCCCCCCC=C1. The van der Waals surface area contributed by atoms with E-state index in [4.69, 9.17) is 11.6 Å². The van der Waals surface area contributed by atoms with Crippen LogP contribution in [-0.2, 0) is 0 Å². The standard InChI is InChI=1S/C12H19Cl/c13-12-10-8-6-4-2-1-3-5-7-9-11-12/h8,10-11H,1-7,9H2. The van der Waals surface area contributed by atoms with Crippen molar-refractivity contribution in [2.75, 3.05) is 0 Å². The van der Waals surface area contributed by atoms with Gasteiger partial charge in [0.15, 0.2) is 0 Å². The molecule has 0 unspecified atom stereocenters. The van der Waals surface area contributed by atoms with Gasteiger partial charge in [0, 0.05) is 5.03 Å². The van der Waals surface area contributed by atoms with Crippen molar-refractivity contribution in [1.29, 1.82) is 0 Å². The summed E-state index contributed by atoms with van der Waals surface area (Å²) in [6, 6.07) is 0. The van der Waals surface area contributed by atoms with Gasteiger partial charge in [-0.1, -0.05) is 49.4 Å². The van der Waals surface area contributed by atoms with Crippen molar-refractivity contribution < 1.29 is 0 Å². The second kappa shape index (κ2) is 7.20. The third-order valence-corrected chi connectivity index (χ3v) is 2.72. The van der Waals surface area contributed by atoms with E-state index in [1.807, 2.05) is 6.08 Å². The van der Waals surface area contributed by atoms with E-state index in [2.05, 4.69) is 12.2 Å². The molecule has 0 nitrogen and oxygen atoms in total. The molecule has 0 bridgehead atoms. The third-order valence-electron chi connectivity index (χ3n) is 2.44. The molecule has 0 saturated heterocycles. The molecule has 0 spiro atoms. The highest BCUT2D eigenvalue weighted by Crippen LogP contribution is 2.14. The molecule has 0 heterocycles. The molecule has 1 aliphatic carbocycles. The van der Waals surface area contributed by atoms with Crippen LogP contribution in [0.15, 0.2) is 23.3 Å². The molecular weight excluding hydrogens is 180 g/mol. The van der Waals surface area contributed by atoms with Crippen molar-refractivity contribution in [1.82, 2.24) is 0 Å². The van der Waals surface area contributed by atoms with E-state index in [1.54, 1.807) is 0 Å². The summed E-state index contributed by atoms with van der Waals surface area (Å²) < 4.78 is 0. The lowest BCUT2D eigenvalue weighted by Crippen LogP contribution is -1.81. The van der Waals surface area contributed by atoms with Gasteiger partial charge in [-0.15, -0.1) is 0 Å². The fourth-order valence-corrected chi connectivity index (χ4v) is 1.82. The lowest BCUT2D eigenvalue weighted by Gasteiger charge is -2.01. The minimum atomic E-state index is 0.917. The number of halogens is 1. The Balaban J connectivity index is 2.34. The van der Waals surface area contributed by atoms with Gasteiger partial charge < -0.3 is 0 Å². The molecule has 13 heavy (non-hydrogen) atoms. The molecule has 0 N–H and O–H groups in total. The van der Waals surface area contributed by atoms with Gasteiger partial charge in [0.05, 0.1) is 0 Å². The average molecular weight is 199 g/mol. The summed E-state index contributed by atoms with van der Waals surface area (Å²) in [6.07, 6.45) is 16.9. The van der Waals surface area contributed by atoms with Crippen LogP contribution in [0.1, 0.15) is 51.4 Å². The van der Waals surface area contributed by atoms with Crippen molar-refractivity contribution in [3.8, 4) is 0 Å². The molecule has 0 saturated carbocycles. The van der Waals surface area contributed by atoms with Crippen LogP contribution in [0, 0.1) is 0 Å². The minimum absolute atomic E-state index is 0.917. The highest BCUT2D eigenvalue weighted by atomic mass is 35.5. The Labute approximate surface area is 86.7 Å². The molecule has 0 aliphatic heterocycles. The summed E-state index contributed by atoms with van der Waals surface area (Å²) in [5.74, 6) is 0. The Bertz CT molecular complexity index is 180. The number of rotatable bonds is 0. The number of allylic oxidation sites excluding steroid dienone is 4. The van der Waals surface area contributed by atoms with E-state index in [0.29, 0.717) is 0 Å². The molecule has 0 aromatic carbocycles. The van der Waals surface area contributed by atoms with Crippen molar-refractivity contribution in [3.63, 3.8) is 0 Å². The van der Waals surface area contributed by atoms with Gasteiger partial charge in [0.25, 0.3) is 0 Å². The third kappa shape index (κ3) is 5.93. The van der Waals surface area contributed by atoms with Crippen LogP contribution in [-0.4, -0.2) is 0 Å². The van der Waals surface area contributed by atoms with Gasteiger partial charge in [0.2, 0.25) is 0 Å². The zero-order chi connectivity index (χ0) is 9.36. The van der Waals surface area contributed by atoms with Crippen LogP contribution in [0.5, 0.6) is 0 Å². The molecule has 1 heteroatoms. The Morgan fingerprint density at radius 1 is 0.846 bits per heavy atom. The van der Waals surface area contributed by atoms with Gasteiger partial charge in [-0.05, 0) is 31.8 Å². The summed E-state index contributed by atoms with van der Waals surface area (Å²) in [5.41, 5.74) is 0. The van der Waals surface area contributed by atoms with E-state index in [0.717, 1.165) is 11.5 Å². The van der Waals surface area contributed by atoms with Gasteiger partial charge in [-0.2, -0.15) is 0 Å². The molecule has 0 radical (unpaired) electrons. The average Bonchev–Trinajstić information content (AvgIpc) is 2.11. The fraction of sp³-hybridized carbons (Fsp3) is 0.667. The monoisotopic (exact) mass is 198 g/mol. The molecule has 0 amide bonds. The van der Waals surface area contributed by atoms with E-state index in [1.165, 1.54) is 44.9 Å². The maximum Gasteiger partial charge on any atom is 0.0362 e. The fourth-order valence-electron chi connectivity index (χ4n) is 1.62. The Morgan fingerprint density at radius 3 is 2.23 bits per heavy atom. The van der Waals surface area contributed by atoms with Crippen LogP contribution >= 0.6 is 11.6 Å². The first-order chi connectivity index (χ1) is 6.39. The number of hydrogen-bond acceptors (Lipinski definition) is 0. The highest BCUT2D eigenvalue weighted by molar-refractivity contribution is 6.31. The first-order valence-corrected chi connectivity index (χ1v) is 5.79. The van der Waals surface area contributed by atoms with Gasteiger partial charge in [-0.25, -0.2) is 0 Å². The van der Waals surface area contributed by atoms with Crippen molar-refractivity contribution in [2.45, 2.75) is 51.4 Å². The second-order valence-electron chi connectivity index (χ2n) is 3.69. The highest BCUT2D eigenvalue weighted by Gasteiger charge is 1.92. The van der Waals surface area contributed by atoms with Crippen LogP contribution in [0.3, 0.4) is 0 Å². The molecular formula is C12H19Cl. The first kappa shape index (κ1) is 10.8. The van der Waals surface area contributed by atoms with Gasteiger partial charge >= 0.3 is 0 Å². The summed E-state index contributed by atoms with van der Waals surface area (Å²) in [7, 11) is 0. The second-order valence-corrected chi connectivity index (χ2v) is 4.13. The van der Waals surface area contributed by atoms with E-state index >= 15 is 0 Å². The lowest BCUT2D eigenvalue weighted by molar-refractivity contribution is 0.599. The molecule has 0 aromatic heterocycles. The summed E-state index contributed by atoms with van der Waals surface area (Å²) >= 11 is 5.99. The van der Waals surface area contributed by atoms with E-state index < -0.39 is 0 Å². The van der Waals surface area contributed by atoms with Gasteiger partial charge in [0.1, 0.15) is 0 Å². The van der Waals surface area contributed by atoms with Crippen molar-refractivity contribution in [3.05, 3.63) is 23.3 Å². The molecule has 0 aromatic rings. The van der Waals surface area contributed by atoms with Crippen LogP contribution < -0.4 is 0 Å². The van der Waals surface area contributed by atoms with E-state index in [-0.39, 0.29) is 0 Å². The Hall–Kier alpha value is -0.230. The number of hydrogen-bond donors (Lipinski definition) is 0. The predicted molar refractivity (Wildman–Crippen MR) is 60.0 cm³/mol. The van der Waals surface area contributed by atoms with Crippen molar-refractivity contribution in [2.24, 2.45) is 0 Å². The lowest BCUT2D eigenvalue weighted by atomic mass is 10.1. The topological polar surface area (TPSA) is 0 Å². The molecule has 1 aliphatic rings. The molecule has 0 fully saturated rings. The molecule has 0 atom stereocenters. The largest absolute Gasteiger partial charge is 0.0847 e. The normalized spacial score (nSPS) is 21.5. The van der Waals surface area contributed by atoms with Gasteiger partial charge in [-0.3, -0.25) is 0 Å². The zero-order valence-corrected chi connectivity index (χ0v) is 9.02. The van der Waals surface area contributed by atoms with E-state index in [9.17, 15) is 0 Å². The maximum atomic E-state index is 5.99. The zero-order valence-electron chi connectivity index (χ0n) is 8.27. The smallest absolute Gasteiger partial charge is 0.0362 e. The van der Waals surface area contributed by atoms with Crippen LogP contribution in [0.25, 0.3) is 0 Å². The van der Waals surface area contributed by atoms with Crippen LogP contribution in [0.2, 0.25) is 0 Å². The summed E-state index contributed by atoms with van der Waals surface area (Å²) in [5, 5.41) is 0.917. The van der Waals surface area contributed by atoms with Crippen LogP contribution in [0.4, 0.5) is 0 Å². The Kier molecular flexibility index (Phi) is 6.01. The predicted octanol–water partition coefficient (Wildman–Crippen LogP) is 4.80. The maximum absolute atomic E-state index is 5.99. The van der Waals surface area contributed by atoms with Crippen molar-refractivity contribution >= 4 is 11.6 Å². The Morgan fingerprint density at radius 2 is 1.46 bits per heavy atom. The quantitative estimate of drug-likeness (QED) is 0.525. The minimum Gasteiger partial charge on any atom is -0.0847 e. The summed E-state index contributed by atoms with van der Waals surface area (Å²) in [6.45, 7) is 0.